The second kappa shape index (κ2) is 5.87. The van der Waals surface area contributed by atoms with Crippen molar-refractivity contribution in [2.45, 2.75) is 78.0 Å². The highest BCUT2D eigenvalue weighted by Gasteiger charge is 2.57. The van der Waals surface area contributed by atoms with Crippen molar-refractivity contribution in [3.05, 3.63) is 0 Å². The lowest BCUT2D eigenvalue weighted by Crippen LogP contribution is -2.46. The number of carbonyl (C=O) groups excluding carboxylic acids is 2. The number of ether oxygens (including phenoxy) is 2. The highest BCUT2D eigenvalue weighted by atomic mass is 16.6. The molecule has 23 heavy (non-hydrogen) atoms. The van der Waals surface area contributed by atoms with Crippen LogP contribution in [0.1, 0.15) is 60.8 Å². The predicted molar refractivity (Wildman–Crippen MR) is 87.2 cm³/mol. The van der Waals surface area contributed by atoms with Crippen molar-refractivity contribution in [2.24, 2.45) is 5.41 Å². The fraction of sp³-hybridized carbons (Fsp3) is 0.882. The maximum atomic E-state index is 12.2. The third kappa shape index (κ3) is 5.01. The van der Waals surface area contributed by atoms with Gasteiger partial charge in [-0.3, -0.25) is 0 Å². The van der Waals surface area contributed by atoms with Crippen molar-refractivity contribution in [1.29, 1.82) is 0 Å². The molecule has 2 fully saturated rings. The summed E-state index contributed by atoms with van der Waals surface area (Å²) in [6.45, 7) is 12.5. The molecule has 2 aliphatic rings. The number of likely N-dealkylation sites (tertiary alicyclic amines) is 1. The molecule has 0 aromatic rings. The van der Waals surface area contributed by atoms with E-state index in [1.807, 2.05) is 41.5 Å². The molecule has 1 heterocycles. The fourth-order valence-corrected chi connectivity index (χ4v) is 3.10. The summed E-state index contributed by atoms with van der Waals surface area (Å²) >= 11 is 0. The molecule has 0 bridgehead atoms. The van der Waals surface area contributed by atoms with Crippen LogP contribution in [0.3, 0.4) is 0 Å². The first-order chi connectivity index (χ1) is 10.4. The van der Waals surface area contributed by atoms with E-state index < -0.39 is 11.2 Å². The van der Waals surface area contributed by atoms with Crippen LogP contribution in [0.15, 0.2) is 0 Å². The number of rotatable bonds is 1. The summed E-state index contributed by atoms with van der Waals surface area (Å²) in [6.07, 6.45) is 2.21. The topological polar surface area (TPSA) is 67.9 Å². The van der Waals surface area contributed by atoms with Crippen LogP contribution in [0.5, 0.6) is 0 Å². The van der Waals surface area contributed by atoms with E-state index in [0.29, 0.717) is 6.54 Å². The molecular formula is C17H30N2O4. The zero-order valence-corrected chi connectivity index (χ0v) is 15.2. The molecule has 2 amide bonds. The van der Waals surface area contributed by atoms with Crippen molar-refractivity contribution in [2.75, 3.05) is 13.1 Å². The minimum atomic E-state index is -0.499. The van der Waals surface area contributed by atoms with E-state index in [2.05, 4.69) is 5.32 Å². The molecule has 6 heteroatoms. The van der Waals surface area contributed by atoms with Crippen molar-refractivity contribution in [3.8, 4) is 0 Å². The van der Waals surface area contributed by atoms with Gasteiger partial charge in [-0.05, 0) is 60.8 Å². The number of alkyl carbamates (subject to hydrolysis) is 1. The summed E-state index contributed by atoms with van der Waals surface area (Å²) in [5.74, 6) is 0. The zero-order chi connectivity index (χ0) is 17.5. The Kier molecular flexibility index (Phi) is 4.57. The molecule has 2 rings (SSSR count). The number of carbonyl (C=O) groups is 2. The Morgan fingerprint density at radius 1 is 1.09 bits per heavy atom. The summed E-state index contributed by atoms with van der Waals surface area (Å²) in [5.41, 5.74) is -0.993. The Balaban J connectivity index is 1.87. The Morgan fingerprint density at radius 3 is 2.26 bits per heavy atom. The molecule has 1 saturated carbocycles. The molecule has 0 aromatic carbocycles. The van der Waals surface area contributed by atoms with Gasteiger partial charge in [0, 0.05) is 24.5 Å². The summed E-state index contributed by atoms with van der Waals surface area (Å²) in [5, 5.41) is 2.94. The van der Waals surface area contributed by atoms with E-state index in [4.69, 9.17) is 9.47 Å². The summed E-state index contributed by atoms with van der Waals surface area (Å²) in [4.78, 5) is 25.9. The van der Waals surface area contributed by atoms with Crippen molar-refractivity contribution < 1.29 is 19.1 Å². The van der Waals surface area contributed by atoms with Crippen LogP contribution in [0.2, 0.25) is 0 Å². The maximum Gasteiger partial charge on any atom is 0.410 e. The number of hydrogen-bond acceptors (Lipinski definition) is 4. The zero-order valence-electron chi connectivity index (χ0n) is 15.2. The van der Waals surface area contributed by atoms with Crippen LogP contribution in [0.25, 0.3) is 0 Å². The van der Waals surface area contributed by atoms with Crippen LogP contribution >= 0.6 is 0 Å². The Bertz CT molecular complexity index is 478. The molecule has 1 spiro atoms. The van der Waals surface area contributed by atoms with Crippen LogP contribution in [0, 0.1) is 5.41 Å². The maximum absolute atomic E-state index is 12.2. The number of piperidine rings is 1. The third-order valence-electron chi connectivity index (χ3n) is 4.14. The smallest absolute Gasteiger partial charge is 0.410 e. The molecule has 1 saturated heterocycles. The van der Waals surface area contributed by atoms with E-state index in [1.165, 1.54) is 0 Å². The molecule has 132 valence electrons. The SMILES string of the molecule is CC(C)(C)OC(=O)NC1CC12CCCN(C(=O)OC(C)(C)C)C2. The summed E-state index contributed by atoms with van der Waals surface area (Å²) in [6, 6.07) is 0.0857. The molecule has 6 nitrogen and oxygen atoms in total. The number of nitrogens with zero attached hydrogens (tertiary/aromatic N) is 1. The Morgan fingerprint density at radius 2 is 1.70 bits per heavy atom. The lowest BCUT2D eigenvalue weighted by Gasteiger charge is -2.35. The molecule has 2 atom stereocenters. The van der Waals surface area contributed by atoms with Gasteiger partial charge in [-0.1, -0.05) is 0 Å². The minimum absolute atomic E-state index is 0.00788. The van der Waals surface area contributed by atoms with Crippen LogP contribution in [0.4, 0.5) is 9.59 Å². The van der Waals surface area contributed by atoms with Gasteiger partial charge in [-0.25, -0.2) is 9.59 Å². The van der Waals surface area contributed by atoms with Gasteiger partial charge in [0.1, 0.15) is 11.2 Å². The first-order valence-corrected chi connectivity index (χ1v) is 8.38. The monoisotopic (exact) mass is 326 g/mol. The number of hydrogen-bond donors (Lipinski definition) is 1. The van der Waals surface area contributed by atoms with Crippen LogP contribution in [-0.4, -0.2) is 47.4 Å². The number of amides is 2. The van der Waals surface area contributed by atoms with E-state index in [9.17, 15) is 9.59 Å². The second-order valence-electron chi connectivity index (χ2n) is 8.77. The van der Waals surface area contributed by atoms with E-state index in [1.54, 1.807) is 4.90 Å². The normalized spacial score (nSPS) is 27.6. The van der Waals surface area contributed by atoms with Crippen LogP contribution < -0.4 is 5.32 Å². The second-order valence-corrected chi connectivity index (χ2v) is 8.77. The predicted octanol–water partition coefficient (Wildman–Crippen LogP) is 3.30. The van der Waals surface area contributed by atoms with Gasteiger partial charge in [0.2, 0.25) is 0 Å². The van der Waals surface area contributed by atoms with Gasteiger partial charge in [0.15, 0.2) is 0 Å². The van der Waals surface area contributed by atoms with Gasteiger partial charge < -0.3 is 19.7 Å². The molecule has 1 aliphatic heterocycles. The van der Waals surface area contributed by atoms with Crippen molar-refractivity contribution in [1.82, 2.24) is 10.2 Å². The summed E-state index contributed by atoms with van der Waals surface area (Å²) in [7, 11) is 0. The average Bonchev–Trinajstić information content (AvgIpc) is 2.95. The van der Waals surface area contributed by atoms with Gasteiger partial charge in [0.25, 0.3) is 0 Å². The Hall–Kier alpha value is -1.46. The van der Waals surface area contributed by atoms with Crippen molar-refractivity contribution in [3.63, 3.8) is 0 Å². The highest BCUT2D eigenvalue weighted by molar-refractivity contribution is 5.70. The van der Waals surface area contributed by atoms with E-state index >= 15 is 0 Å². The number of nitrogens with one attached hydrogen (secondary N) is 1. The molecular weight excluding hydrogens is 296 g/mol. The first kappa shape index (κ1) is 17.9. The molecule has 2 unspecified atom stereocenters. The standard InChI is InChI=1S/C17H30N2O4/c1-15(2,3)22-13(20)18-12-10-17(12)8-7-9-19(11-17)14(21)23-16(4,5)6/h12H,7-11H2,1-6H3,(H,18,20). The molecule has 0 aromatic heterocycles. The molecule has 1 N–H and O–H groups in total. The Labute approximate surface area is 138 Å². The minimum Gasteiger partial charge on any atom is -0.444 e. The largest absolute Gasteiger partial charge is 0.444 e. The summed E-state index contributed by atoms with van der Waals surface area (Å²) < 4.78 is 10.8. The average molecular weight is 326 g/mol. The van der Waals surface area contributed by atoms with E-state index in [0.717, 1.165) is 25.8 Å². The third-order valence-corrected chi connectivity index (χ3v) is 4.14. The van der Waals surface area contributed by atoms with Crippen molar-refractivity contribution >= 4 is 12.2 Å². The van der Waals surface area contributed by atoms with Gasteiger partial charge in [0.05, 0.1) is 0 Å². The lowest BCUT2D eigenvalue weighted by molar-refractivity contribution is 0.0140. The van der Waals surface area contributed by atoms with Gasteiger partial charge in [-0.15, -0.1) is 0 Å². The van der Waals surface area contributed by atoms with E-state index in [-0.39, 0.29) is 23.6 Å². The molecule has 0 radical (unpaired) electrons. The highest BCUT2D eigenvalue weighted by Crippen LogP contribution is 2.52. The lowest BCUT2D eigenvalue weighted by atomic mass is 9.94. The van der Waals surface area contributed by atoms with Crippen LogP contribution in [-0.2, 0) is 9.47 Å². The van der Waals surface area contributed by atoms with Gasteiger partial charge in [-0.2, -0.15) is 0 Å². The molecule has 1 aliphatic carbocycles. The first-order valence-electron chi connectivity index (χ1n) is 8.38. The van der Waals surface area contributed by atoms with Gasteiger partial charge >= 0.3 is 12.2 Å². The quantitative estimate of drug-likeness (QED) is 0.803. The fourth-order valence-electron chi connectivity index (χ4n) is 3.10.